The van der Waals surface area contributed by atoms with Crippen molar-refractivity contribution in [2.75, 3.05) is 26.3 Å². The van der Waals surface area contributed by atoms with Gasteiger partial charge in [-0.25, -0.2) is 8.42 Å². The van der Waals surface area contributed by atoms with Gasteiger partial charge in [0.25, 0.3) is 0 Å². The van der Waals surface area contributed by atoms with E-state index in [1.54, 1.807) is 4.90 Å². The minimum Gasteiger partial charge on any atom is -0.378 e. The highest BCUT2D eigenvalue weighted by atomic mass is 35.5. The van der Waals surface area contributed by atoms with Gasteiger partial charge in [-0.3, -0.25) is 4.79 Å². The van der Waals surface area contributed by atoms with Gasteiger partial charge >= 0.3 is 0 Å². The summed E-state index contributed by atoms with van der Waals surface area (Å²) in [6, 6.07) is 3.23. The van der Waals surface area contributed by atoms with Crippen molar-refractivity contribution in [2.24, 2.45) is 0 Å². The lowest BCUT2D eigenvalue weighted by molar-refractivity contribution is -0.136. The highest BCUT2D eigenvalue weighted by Crippen LogP contribution is 2.25. The predicted octanol–water partition coefficient (Wildman–Crippen LogP) is 1.52. The third-order valence-electron chi connectivity index (χ3n) is 3.21. The number of hydrogen-bond donors (Lipinski definition) is 1. The van der Waals surface area contributed by atoms with E-state index in [4.69, 9.17) is 27.9 Å². The van der Waals surface area contributed by atoms with E-state index in [-0.39, 0.29) is 20.8 Å². The lowest BCUT2D eigenvalue weighted by Crippen LogP contribution is -2.50. The van der Waals surface area contributed by atoms with Gasteiger partial charge < -0.3 is 9.64 Å². The molecule has 1 amide bonds. The van der Waals surface area contributed by atoms with Crippen molar-refractivity contribution in [1.82, 2.24) is 9.62 Å². The van der Waals surface area contributed by atoms with Crippen LogP contribution in [-0.2, 0) is 19.6 Å². The van der Waals surface area contributed by atoms with Crippen LogP contribution in [0.1, 0.15) is 6.92 Å². The molecule has 1 saturated heterocycles. The summed E-state index contributed by atoms with van der Waals surface area (Å²) in [7, 11) is -3.94. The first-order valence-electron chi connectivity index (χ1n) is 6.65. The minimum absolute atomic E-state index is 0.0444. The van der Waals surface area contributed by atoms with Gasteiger partial charge in [0.2, 0.25) is 15.9 Å². The van der Waals surface area contributed by atoms with Crippen LogP contribution in [0.4, 0.5) is 0 Å². The number of carbonyl (C=O) groups is 1. The van der Waals surface area contributed by atoms with E-state index in [2.05, 4.69) is 4.72 Å². The zero-order chi connectivity index (χ0) is 16.3. The maximum atomic E-state index is 12.4. The SMILES string of the molecule is C[C@@H](NS(=O)(=O)c1cc(Cl)ccc1Cl)C(=O)N1CCOCC1. The van der Waals surface area contributed by atoms with Crippen LogP contribution in [0.3, 0.4) is 0 Å². The van der Waals surface area contributed by atoms with Crippen LogP contribution >= 0.6 is 23.2 Å². The number of sulfonamides is 1. The number of nitrogens with zero attached hydrogens (tertiary/aromatic N) is 1. The summed E-state index contributed by atoms with van der Waals surface area (Å²) in [5.41, 5.74) is 0. The van der Waals surface area contributed by atoms with Crippen molar-refractivity contribution in [1.29, 1.82) is 0 Å². The lowest BCUT2D eigenvalue weighted by Gasteiger charge is -2.29. The first-order valence-corrected chi connectivity index (χ1v) is 8.89. The van der Waals surface area contributed by atoms with Crippen LogP contribution in [0.2, 0.25) is 10.0 Å². The smallest absolute Gasteiger partial charge is 0.242 e. The third kappa shape index (κ3) is 4.11. The number of carbonyl (C=O) groups excluding carboxylic acids is 1. The van der Waals surface area contributed by atoms with Crippen LogP contribution in [-0.4, -0.2) is 51.6 Å². The molecule has 1 aromatic rings. The first kappa shape index (κ1) is 17.5. The number of amides is 1. The Labute approximate surface area is 139 Å². The Kier molecular flexibility index (Phi) is 5.68. The molecule has 0 aliphatic carbocycles. The maximum absolute atomic E-state index is 12.4. The maximum Gasteiger partial charge on any atom is 0.242 e. The third-order valence-corrected chi connectivity index (χ3v) is 5.47. The first-order chi connectivity index (χ1) is 10.3. The average Bonchev–Trinajstić information content (AvgIpc) is 2.49. The summed E-state index contributed by atoms with van der Waals surface area (Å²) >= 11 is 11.7. The zero-order valence-electron chi connectivity index (χ0n) is 11.9. The van der Waals surface area contributed by atoms with Crippen LogP contribution in [0.25, 0.3) is 0 Å². The van der Waals surface area contributed by atoms with Crippen LogP contribution < -0.4 is 4.72 Å². The number of nitrogens with one attached hydrogen (secondary N) is 1. The van der Waals surface area contributed by atoms with Gasteiger partial charge in [-0.1, -0.05) is 23.2 Å². The van der Waals surface area contributed by atoms with E-state index in [0.29, 0.717) is 26.3 Å². The summed E-state index contributed by atoms with van der Waals surface area (Å²) in [6.07, 6.45) is 0. The zero-order valence-corrected chi connectivity index (χ0v) is 14.2. The number of halogens is 2. The number of hydrogen-bond acceptors (Lipinski definition) is 4. The van der Waals surface area contributed by atoms with Crippen LogP contribution in [0.5, 0.6) is 0 Å². The van der Waals surface area contributed by atoms with Gasteiger partial charge in [0.15, 0.2) is 0 Å². The van der Waals surface area contributed by atoms with Gasteiger partial charge in [0.05, 0.1) is 24.3 Å². The van der Waals surface area contributed by atoms with Crippen molar-refractivity contribution >= 4 is 39.1 Å². The molecule has 0 unspecified atom stereocenters. The molecule has 0 bridgehead atoms. The molecular formula is C13H16Cl2N2O4S. The Hall–Kier alpha value is -0.860. The summed E-state index contributed by atoms with van der Waals surface area (Å²) < 4.78 is 32.2. The Balaban J connectivity index is 2.13. The molecule has 1 heterocycles. The largest absolute Gasteiger partial charge is 0.378 e. The van der Waals surface area contributed by atoms with Gasteiger partial charge in [0, 0.05) is 18.1 Å². The Bertz CT molecular complexity index is 660. The van der Waals surface area contributed by atoms with Crippen LogP contribution in [0.15, 0.2) is 23.1 Å². The fraction of sp³-hybridized carbons (Fsp3) is 0.462. The van der Waals surface area contributed by atoms with E-state index in [0.717, 1.165) is 0 Å². The molecule has 0 radical (unpaired) electrons. The molecule has 1 aliphatic heterocycles. The molecule has 2 rings (SSSR count). The molecule has 1 atom stereocenters. The second-order valence-corrected chi connectivity index (χ2v) is 7.38. The summed E-state index contributed by atoms with van der Waals surface area (Å²) in [5.74, 6) is -0.301. The molecule has 22 heavy (non-hydrogen) atoms. The molecule has 6 nitrogen and oxygen atoms in total. The van der Waals surface area contributed by atoms with E-state index >= 15 is 0 Å². The Morgan fingerprint density at radius 2 is 1.95 bits per heavy atom. The lowest BCUT2D eigenvalue weighted by atomic mass is 10.3. The van der Waals surface area contributed by atoms with Crippen molar-refractivity contribution < 1.29 is 17.9 Å². The average molecular weight is 367 g/mol. The quantitative estimate of drug-likeness (QED) is 0.876. The van der Waals surface area contributed by atoms with Gasteiger partial charge in [-0.05, 0) is 25.1 Å². The van der Waals surface area contributed by atoms with E-state index in [9.17, 15) is 13.2 Å². The molecule has 0 saturated carbocycles. The molecule has 0 spiro atoms. The fourth-order valence-corrected chi connectivity index (χ4v) is 4.05. The Morgan fingerprint density at radius 3 is 2.59 bits per heavy atom. The second-order valence-electron chi connectivity index (χ2n) is 4.86. The molecule has 0 aromatic heterocycles. The van der Waals surface area contributed by atoms with E-state index in [1.807, 2.05) is 0 Å². The number of rotatable bonds is 4. The summed E-state index contributed by atoms with van der Waals surface area (Å²) in [6.45, 7) is 3.29. The van der Waals surface area contributed by atoms with E-state index in [1.165, 1.54) is 25.1 Å². The predicted molar refractivity (Wildman–Crippen MR) is 83.6 cm³/mol. The fourth-order valence-electron chi connectivity index (χ4n) is 2.09. The normalized spacial score (nSPS) is 17.3. The van der Waals surface area contributed by atoms with Crippen LogP contribution in [0, 0.1) is 0 Å². The highest BCUT2D eigenvalue weighted by Gasteiger charge is 2.28. The standard InChI is InChI=1S/C13H16Cl2N2O4S/c1-9(13(18)17-4-6-21-7-5-17)16-22(19,20)12-8-10(14)2-3-11(12)15/h2-3,8-9,16H,4-7H2,1H3/t9-/m1/s1. The monoisotopic (exact) mass is 366 g/mol. The van der Waals surface area contributed by atoms with Crippen molar-refractivity contribution in [3.8, 4) is 0 Å². The highest BCUT2D eigenvalue weighted by molar-refractivity contribution is 7.89. The number of morpholine rings is 1. The molecule has 122 valence electrons. The van der Waals surface area contributed by atoms with Gasteiger partial charge in [-0.15, -0.1) is 0 Å². The Morgan fingerprint density at radius 1 is 1.32 bits per heavy atom. The molecule has 1 N–H and O–H groups in total. The topological polar surface area (TPSA) is 75.7 Å². The second kappa shape index (κ2) is 7.14. The molecule has 1 fully saturated rings. The molecule has 1 aromatic carbocycles. The van der Waals surface area contributed by atoms with E-state index < -0.39 is 16.1 Å². The van der Waals surface area contributed by atoms with Gasteiger partial charge in [-0.2, -0.15) is 4.72 Å². The van der Waals surface area contributed by atoms with Crippen molar-refractivity contribution in [3.63, 3.8) is 0 Å². The van der Waals surface area contributed by atoms with Crippen molar-refractivity contribution in [3.05, 3.63) is 28.2 Å². The van der Waals surface area contributed by atoms with Gasteiger partial charge in [0.1, 0.15) is 4.90 Å². The molecule has 1 aliphatic rings. The summed E-state index contributed by atoms with van der Waals surface area (Å²) in [4.78, 5) is 13.7. The van der Waals surface area contributed by atoms with Crippen molar-refractivity contribution in [2.45, 2.75) is 17.9 Å². The number of benzene rings is 1. The number of ether oxygens (including phenoxy) is 1. The molecular weight excluding hydrogens is 351 g/mol. The summed E-state index contributed by atoms with van der Waals surface area (Å²) in [5, 5.41) is 0.292. The minimum atomic E-state index is -3.94. The molecule has 9 heteroatoms.